The van der Waals surface area contributed by atoms with E-state index in [0.29, 0.717) is 12.8 Å². The van der Waals surface area contributed by atoms with Crippen molar-refractivity contribution in [3.8, 4) is 0 Å². The van der Waals surface area contributed by atoms with E-state index in [2.05, 4.69) is 31.3 Å². The third kappa shape index (κ3) is 47.0. The molecule has 1 saturated heterocycles. The number of nitrogens with one attached hydrogen (secondary N) is 1. The standard InChI is InChI=1S/C71H139NO10/c1-3-5-7-9-11-13-15-17-19-21-23-25-27-29-31-33-35-37-39-41-43-45-47-49-51-53-55-57-59-64(75)70(80)72-62(61-81-71-69(79)68(78)67(77)65(60-73)82-71)66(76)63(74)58-56-54-52-50-48-46-44-42-40-38-36-34-32-30-28-26-24-22-20-18-16-14-12-10-8-6-4-2/h50,52,62-69,71,73-79H,3-49,51,53-61H2,1-2H3,(H,72,80)/b52-50+. The molecule has 11 nitrogen and oxygen atoms in total. The average molecular weight is 1170 g/mol. The van der Waals surface area contributed by atoms with Crippen LogP contribution in [0.5, 0.6) is 0 Å². The number of hydrogen-bond donors (Lipinski definition) is 8. The molecule has 9 unspecified atom stereocenters. The number of hydrogen-bond acceptors (Lipinski definition) is 10. The maximum absolute atomic E-state index is 13.3. The topological polar surface area (TPSA) is 189 Å². The van der Waals surface area contributed by atoms with E-state index in [0.717, 1.165) is 38.5 Å². The second-order valence-corrected chi connectivity index (χ2v) is 25.7. The summed E-state index contributed by atoms with van der Waals surface area (Å²) in [6, 6.07) is -1.18. The second-order valence-electron chi connectivity index (χ2n) is 25.7. The summed E-state index contributed by atoms with van der Waals surface area (Å²) < 4.78 is 11.2. The minimum Gasteiger partial charge on any atom is -0.394 e. The summed E-state index contributed by atoms with van der Waals surface area (Å²) in [5, 5.41) is 76.5. The summed E-state index contributed by atoms with van der Waals surface area (Å²) in [5.41, 5.74) is 0. The Labute approximate surface area is 506 Å². The lowest BCUT2D eigenvalue weighted by Gasteiger charge is -2.40. The number of rotatable bonds is 64. The fourth-order valence-corrected chi connectivity index (χ4v) is 12.0. The van der Waals surface area contributed by atoms with Gasteiger partial charge < -0.3 is 50.5 Å². The van der Waals surface area contributed by atoms with Gasteiger partial charge in [-0.15, -0.1) is 0 Å². The van der Waals surface area contributed by atoms with Gasteiger partial charge in [-0.2, -0.15) is 0 Å². The first-order valence-electron chi connectivity index (χ1n) is 36.1. The Balaban J connectivity index is 2.19. The largest absolute Gasteiger partial charge is 0.394 e. The van der Waals surface area contributed by atoms with E-state index < -0.39 is 74.2 Å². The van der Waals surface area contributed by atoms with Crippen molar-refractivity contribution < 1.29 is 50.0 Å². The van der Waals surface area contributed by atoms with Crippen LogP contribution in [0.15, 0.2) is 12.2 Å². The molecule has 0 aromatic carbocycles. The lowest BCUT2D eigenvalue weighted by molar-refractivity contribution is -0.303. The van der Waals surface area contributed by atoms with Crippen LogP contribution in [0.1, 0.15) is 367 Å². The minimum atomic E-state index is -1.67. The molecule has 0 aliphatic carbocycles. The summed E-state index contributed by atoms with van der Waals surface area (Å²) in [7, 11) is 0. The van der Waals surface area contributed by atoms with Crippen LogP contribution in [-0.2, 0) is 14.3 Å². The van der Waals surface area contributed by atoms with Gasteiger partial charge in [-0.3, -0.25) is 4.79 Å². The van der Waals surface area contributed by atoms with Gasteiger partial charge in [-0.1, -0.05) is 341 Å². The van der Waals surface area contributed by atoms with Gasteiger partial charge in [0, 0.05) is 0 Å². The van der Waals surface area contributed by atoms with Crippen molar-refractivity contribution in [2.24, 2.45) is 0 Å². The molecule has 1 fully saturated rings. The third-order valence-electron chi connectivity index (χ3n) is 17.8. The number of unbranched alkanes of at least 4 members (excludes halogenated alkanes) is 50. The Hall–Kier alpha value is -1.15. The molecular weight excluding hydrogens is 1030 g/mol. The Morgan fingerprint density at radius 2 is 0.720 bits per heavy atom. The van der Waals surface area contributed by atoms with Crippen LogP contribution in [0.3, 0.4) is 0 Å². The summed E-state index contributed by atoms with van der Waals surface area (Å²) in [6.45, 7) is 3.51. The number of carbonyl (C=O) groups is 1. The molecule has 1 amide bonds. The molecule has 1 rings (SSSR count). The lowest BCUT2D eigenvalue weighted by Crippen LogP contribution is -2.60. The number of amides is 1. The molecule has 9 atom stereocenters. The van der Waals surface area contributed by atoms with Gasteiger partial charge in [0.25, 0.3) is 0 Å². The molecule has 0 bridgehead atoms. The molecule has 11 heteroatoms. The van der Waals surface area contributed by atoms with E-state index in [1.165, 1.54) is 289 Å². The molecule has 1 aliphatic heterocycles. The highest BCUT2D eigenvalue weighted by Crippen LogP contribution is 2.24. The van der Waals surface area contributed by atoms with E-state index in [-0.39, 0.29) is 12.8 Å². The lowest BCUT2D eigenvalue weighted by atomic mass is 9.98. The van der Waals surface area contributed by atoms with Gasteiger partial charge in [-0.25, -0.2) is 0 Å². The smallest absolute Gasteiger partial charge is 0.249 e. The van der Waals surface area contributed by atoms with Gasteiger partial charge in [0.15, 0.2) is 6.29 Å². The summed E-state index contributed by atoms with van der Waals surface area (Å²) >= 11 is 0. The summed E-state index contributed by atoms with van der Waals surface area (Å²) in [5.74, 6) is -0.697. The van der Waals surface area contributed by atoms with E-state index in [1.807, 2.05) is 0 Å². The minimum absolute atomic E-state index is 0.260. The fraction of sp³-hybridized carbons (Fsp3) is 0.958. The predicted octanol–water partition coefficient (Wildman–Crippen LogP) is 17.4. The van der Waals surface area contributed by atoms with Crippen LogP contribution in [0, 0.1) is 0 Å². The number of allylic oxidation sites excluding steroid dienone is 2. The van der Waals surface area contributed by atoms with Crippen molar-refractivity contribution in [1.29, 1.82) is 0 Å². The van der Waals surface area contributed by atoms with E-state index in [1.54, 1.807) is 0 Å². The van der Waals surface area contributed by atoms with E-state index in [9.17, 15) is 40.5 Å². The Morgan fingerprint density at radius 3 is 1.05 bits per heavy atom. The molecule has 0 spiro atoms. The first kappa shape index (κ1) is 78.9. The molecule has 82 heavy (non-hydrogen) atoms. The monoisotopic (exact) mass is 1170 g/mol. The highest BCUT2D eigenvalue weighted by atomic mass is 16.7. The maximum atomic E-state index is 13.3. The van der Waals surface area contributed by atoms with Crippen LogP contribution in [0.4, 0.5) is 0 Å². The molecule has 1 heterocycles. The first-order valence-corrected chi connectivity index (χ1v) is 36.1. The zero-order valence-corrected chi connectivity index (χ0v) is 54.0. The predicted molar refractivity (Wildman–Crippen MR) is 344 cm³/mol. The zero-order valence-electron chi connectivity index (χ0n) is 54.0. The Bertz CT molecular complexity index is 1340. The quantitative estimate of drug-likeness (QED) is 0.0215. The SMILES string of the molecule is CCCCCCCCCCCCCCCCCCCCCCCC/C=C/CCCC(O)C(O)C(COC1OC(CO)C(O)C(O)C1O)NC(=O)C(O)CCCCCCCCCCCCCCCCCCCCCCCCCCCCCC. The Kier molecular flexibility index (Phi) is 57.8. The third-order valence-corrected chi connectivity index (χ3v) is 17.8. The van der Waals surface area contributed by atoms with Crippen LogP contribution in [0.25, 0.3) is 0 Å². The van der Waals surface area contributed by atoms with Crippen LogP contribution in [-0.4, -0.2) is 110 Å². The molecule has 0 aromatic heterocycles. The fourth-order valence-electron chi connectivity index (χ4n) is 12.0. The van der Waals surface area contributed by atoms with Gasteiger partial charge in [0.05, 0.1) is 25.4 Å². The van der Waals surface area contributed by atoms with Crippen molar-refractivity contribution in [3.63, 3.8) is 0 Å². The van der Waals surface area contributed by atoms with Gasteiger partial charge in [-0.05, 0) is 38.5 Å². The van der Waals surface area contributed by atoms with E-state index in [4.69, 9.17) is 9.47 Å². The first-order chi connectivity index (χ1) is 40.2. The Morgan fingerprint density at radius 1 is 0.415 bits per heavy atom. The number of ether oxygens (including phenoxy) is 2. The summed E-state index contributed by atoms with van der Waals surface area (Å²) in [4.78, 5) is 13.3. The summed E-state index contributed by atoms with van der Waals surface area (Å²) in [6.07, 6.45) is 63.1. The molecule has 0 radical (unpaired) electrons. The van der Waals surface area contributed by atoms with Gasteiger partial charge >= 0.3 is 0 Å². The van der Waals surface area contributed by atoms with Crippen molar-refractivity contribution in [2.45, 2.75) is 422 Å². The molecule has 0 saturated carbocycles. The van der Waals surface area contributed by atoms with Crippen LogP contribution < -0.4 is 5.32 Å². The van der Waals surface area contributed by atoms with Gasteiger partial charge in [0.1, 0.15) is 36.6 Å². The van der Waals surface area contributed by atoms with E-state index >= 15 is 0 Å². The van der Waals surface area contributed by atoms with Gasteiger partial charge in [0.2, 0.25) is 5.91 Å². The highest BCUT2D eigenvalue weighted by molar-refractivity contribution is 5.80. The van der Waals surface area contributed by atoms with Crippen molar-refractivity contribution in [1.82, 2.24) is 5.32 Å². The molecule has 8 N–H and O–H groups in total. The van der Waals surface area contributed by atoms with Crippen molar-refractivity contribution in [2.75, 3.05) is 13.2 Å². The number of carbonyl (C=O) groups excluding carboxylic acids is 1. The highest BCUT2D eigenvalue weighted by Gasteiger charge is 2.44. The average Bonchev–Trinajstić information content (AvgIpc) is 3.53. The number of aliphatic hydroxyl groups excluding tert-OH is 7. The normalized spacial score (nSPS) is 19.1. The molecule has 0 aromatic rings. The molecular formula is C71H139NO10. The van der Waals surface area contributed by atoms with Crippen LogP contribution in [0.2, 0.25) is 0 Å². The molecule has 1 aliphatic rings. The maximum Gasteiger partial charge on any atom is 0.249 e. The molecule has 488 valence electrons. The zero-order chi connectivity index (χ0) is 59.6. The van der Waals surface area contributed by atoms with Crippen molar-refractivity contribution >= 4 is 5.91 Å². The number of aliphatic hydroxyl groups is 7. The van der Waals surface area contributed by atoms with Crippen LogP contribution >= 0.6 is 0 Å². The van der Waals surface area contributed by atoms with Crippen molar-refractivity contribution in [3.05, 3.63) is 12.2 Å². The second kappa shape index (κ2) is 60.1.